The Labute approximate surface area is 149 Å². The first-order valence-electron chi connectivity index (χ1n) is 8.73. The third-order valence-corrected chi connectivity index (χ3v) is 6.30. The molecule has 1 aliphatic heterocycles. The van der Waals surface area contributed by atoms with Crippen LogP contribution in [0.1, 0.15) is 50.3 Å². The molecule has 1 aliphatic rings. The van der Waals surface area contributed by atoms with Crippen LogP contribution in [0.5, 0.6) is 0 Å². The molecule has 0 aromatic heterocycles. The monoisotopic (exact) mass is 339 g/mol. The summed E-state index contributed by atoms with van der Waals surface area (Å²) in [6.07, 6.45) is 2.16. The van der Waals surface area contributed by atoms with Gasteiger partial charge < -0.3 is 0 Å². The maximum absolute atomic E-state index is 12.2. The number of hydrogen-bond acceptors (Lipinski definition) is 3. The van der Waals surface area contributed by atoms with Gasteiger partial charge in [-0.2, -0.15) is 0 Å². The molecule has 0 saturated carbocycles. The van der Waals surface area contributed by atoms with Gasteiger partial charge in [-0.3, -0.25) is 10.1 Å². The van der Waals surface area contributed by atoms with Crippen LogP contribution in [0.2, 0.25) is 0 Å². The van der Waals surface area contributed by atoms with Gasteiger partial charge in [0.05, 0.1) is 6.04 Å². The molecule has 3 heteroatoms. The zero-order valence-electron chi connectivity index (χ0n) is 14.4. The van der Waals surface area contributed by atoms with E-state index in [-0.39, 0.29) is 11.6 Å². The number of ketones is 1. The van der Waals surface area contributed by atoms with Gasteiger partial charge in [0.15, 0.2) is 0 Å². The van der Waals surface area contributed by atoms with Gasteiger partial charge >= 0.3 is 0 Å². The Balaban J connectivity index is 2.03. The summed E-state index contributed by atoms with van der Waals surface area (Å²) < 4.78 is 0. The zero-order valence-corrected chi connectivity index (χ0v) is 15.2. The first-order valence-corrected chi connectivity index (χ1v) is 9.72. The van der Waals surface area contributed by atoms with Gasteiger partial charge in [0.25, 0.3) is 0 Å². The van der Waals surface area contributed by atoms with Crippen molar-refractivity contribution >= 4 is 17.5 Å². The average molecular weight is 340 g/mol. The Morgan fingerprint density at radius 2 is 1.83 bits per heavy atom. The minimum absolute atomic E-state index is 0.127. The van der Waals surface area contributed by atoms with Crippen molar-refractivity contribution in [3.05, 3.63) is 65.7 Å². The molecule has 0 fully saturated rings. The number of hydrogen-bond donors (Lipinski definition) is 1. The van der Waals surface area contributed by atoms with Crippen molar-refractivity contribution in [2.45, 2.75) is 49.6 Å². The van der Waals surface area contributed by atoms with Crippen molar-refractivity contribution in [2.75, 3.05) is 5.75 Å². The van der Waals surface area contributed by atoms with Crippen molar-refractivity contribution in [1.82, 2.24) is 5.32 Å². The largest absolute Gasteiger partial charge is 0.300 e. The van der Waals surface area contributed by atoms with Crippen LogP contribution in [0, 0.1) is 0 Å². The summed E-state index contributed by atoms with van der Waals surface area (Å²) in [6, 6.07) is 19.3. The van der Waals surface area contributed by atoms with Crippen molar-refractivity contribution in [3.8, 4) is 0 Å². The molecule has 2 nitrogen and oxygen atoms in total. The number of carbonyl (C=O) groups excluding carboxylic acids is 1. The van der Waals surface area contributed by atoms with E-state index in [1.807, 2.05) is 18.7 Å². The van der Waals surface area contributed by atoms with E-state index in [1.54, 1.807) is 0 Å². The van der Waals surface area contributed by atoms with Crippen molar-refractivity contribution in [3.63, 3.8) is 0 Å². The van der Waals surface area contributed by atoms with Crippen molar-refractivity contribution in [2.24, 2.45) is 0 Å². The smallest absolute Gasteiger partial charge is 0.134 e. The molecule has 24 heavy (non-hydrogen) atoms. The Bertz CT molecular complexity index is 700. The van der Waals surface area contributed by atoms with E-state index in [4.69, 9.17) is 0 Å². The summed E-state index contributed by atoms with van der Waals surface area (Å²) in [5, 5.41) is 3.88. The minimum Gasteiger partial charge on any atom is -0.300 e. The molecule has 0 radical (unpaired) electrons. The molecule has 3 rings (SSSR count). The van der Waals surface area contributed by atoms with E-state index in [9.17, 15) is 4.79 Å². The van der Waals surface area contributed by atoms with Crippen molar-refractivity contribution < 1.29 is 4.79 Å². The highest BCUT2D eigenvalue weighted by molar-refractivity contribution is 7.99. The van der Waals surface area contributed by atoms with Gasteiger partial charge in [0, 0.05) is 29.0 Å². The lowest BCUT2D eigenvalue weighted by Crippen LogP contribution is -2.49. The van der Waals surface area contributed by atoms with Crippen LogP contribution in [-0.4, -0.2) is 17.1 Å². The second-order valence-electron chi connectivity index (χ2n) is 6.52. The van der Waals surface area contributed by atoms with E-state index < -0.39 is 0 Å². The molecule has 2 aromatic carbocycles. The van der Waals surface area contributed by atoms with Crippen LogP contribution in [0.15, 0.2) is 59.5 Å². The molecule has 2 aromatic rings. The molecule has 0 aliphatic carbocycles. The van der Waals surface area contributed by atoms with Crippen LogP contribution in [0.3, 0.4) is 0 Å². The van der Waals surface area contributed by atoms with E-state index in [2.05, 4.69) is 66.8 Å². The van der Waals surface area contributed by atoms with Gasteiger partial charge in [0.1, 0.15) is 5.78 Å². The summed E-state index contributed by atoms with van der Waals surface area (Å²) >= 11 is 1.88. The highest BCUT2D eigenvalue weighted by Gasteiger charge is 2.37. The molecule has 0 bridgehead atoms. The third-order valence-electron chi connectivity index (χ3n) is 4.92. The normalized spacial score (nSPS) is 23.3. The van der Waals surface area contributed by atoms with E-state index in [0.29, 0.717) is 18.6 Å². The predicted octanol–water partition coefficient (Wildman–Crippen LogP) is 4.99. The fourth-order valence-electron chi connectivity index (χ4n) is 3.33. The fraction of sp³-hybridized carbons (Fsp3) is 0.381. The summed E-state index contributed by atoms with van der Waals surface area (Å²) in [5.74, 6) is 1.26. The number of thioether (sulfide) groups is 1. The van der Waals surface area contributed by atoms with Gasteiger partial charge in [0.2, 0.25) is 0 Å². The summed E-state index contributed by atoms with van der Waals surface area (Å²) in [6.45, 7) is 4.15. The van der Waals surface area contributed by atoms with Gasteiger partial charge in [-0.1, -0.05) is 62.4 Å². The maximum atomic E-state index is 12.2. The summed E-state index contributed by atoms with van der Waals surface area (Å²) in [5.41, 5.74) is 2.42. The molecule has 1 N–H and O–H groups in total. The Morgan fingerprint density at radius 1 is 1.12 bits per heavy atom. The Kier molecular flexibility index (Phi) is 5.42. The number of nitrogens with one attached hydrogen (secondary N) is 1. The molecule has 0 saturated heterocycles. The van der Waals surface area contributed by atoms with E-state index in [0.717, 1.165) is 12.2 Å². The van der Waals surface area contributed by atoms with Gasteiger partial charge in [-0.15, -0.1) is 11.8 Å². The van der Waals surface area contributed by atoms with Gasteiger partial charge in [-0.05, 0) is 23.6 Å². The van der Waals surface area contributed by atoms with Crippen molar-refractivity contribution in [1.29, 1.82) is 0 Å². The van der Waals surface area contributed by atoms with Crippen LogP contribution in [-0.2, 0) is 4.79 Å². The second kappa shape index (κ2) is 7.54. The lowest BCUT2D eigenvalue weighted by Gasteiger charge is -2.35. The van der Waals surface area contributed by atoms with Crippen LogP contribution in [0.25, 0.3) is 0 Å². The zero-order chi connectivity index (χ0) is 17.0. The Morgan fingerprint density at radius 3 is 2.54 bits per heavy atom. The van der Waals surface area contributed by atoms with E-state index in [1.165, 1.54) is 16.0 Å². The topological polar surface area (TPSA) is 29.1 Å². The maximum Gasteiger partial charge on any atom is 0.134 e. The molecule has 126 valence electrons. The third kappa shape index (κ3) is 3.57. The van der Waals surface area contributed by atoms with E-state index >= 15 is 0 Å². The Hall–Kier alpha value is -1.58. The molecule has 2 atom stereocenters. The fourth-order valence-corrected chi connectivity index (χ4v) is 4.68. The lowest BCUT2D eigenvalue weighted by molar-refractivity contribution is -0.120. The lowest BCUT2D eigenvalue weighted by atomic mass is 9.87. The van der Waals surface area contributed by atoms with Gasteiger partial charge in [-0.25, -0.2) is 0 Å². The standard InChI is InChI=1S/C21H25NOS/c1-3-17(23)14-21(4-2)15-24-19-13-9-8-12-18(19)20(22-21)16-10-6-5-7-11-16/h5-13,20,22H,3-4,14-15H2,1-2H3. The molecule has 0 amide bonds. The molecular weight excluding hydrogens is 314 g/mol. The molecular formula is C21H25NOS. The minimum atomic E-state index is -0.155. The van der Waals surface area contributed by atoms with Crippen LogP contribution >= 0.6 is 11.8 Å². The highest BCUT2D eigenvalue weighted by atomic mass is 32.2. The number of Topliss-reactive ketones (excluding diaryl/α,β-unsaturated/α-hetero) is 1. The number of benzene rings is 2. The predicted molar refractivity (Wildman–Crippen MR) is 102 cm³/mol. The quantitative estimate of drug-likeness (QED) is 0.832. The first kappa shape index (κ1) is 17.2. The summed E-state index contributed by atoms with van der Waals surface area (Å²) in [7, 11) is 0. The second-order valence-corrected chi connectivity index (χ2v) is 7.53. The number of carbonyl (C=O) groups is 1. The molecule has 0 spiro atoms. The SMILES string of the molecule is CCC(=O)CC1(CC)CSc2ccccc2C(c2ccccc2)N1. The number of rotatable bonds is 5. The highest BCUT2D eigenvalue weighted by Crippen LogP contribution is 2.40. The van der Waals surface area contributed by atoms with Crippen LogP contribution in [0.4, 0.5) is 0 Å². The number of fused-ring (bicyclic) bond motifs is 1. The molecule has 1 heterocycles. The van der Waals surface area contributed by atoms with Crippen LogP contribution < -0.4 is 5.32 Å². The molecule has 2 unspecified atom stereocenters. The first-order chi connectivity index (χ1) is 11.7. The average Bonchev–Trinajstić information content (AvgIpc) is 2.80. The summed E-state index contributed by atoms with van der Waals surface area (Å²) in [4.78, 5) is 13.5.